The van der Waals surface area contributed by atoms with Crippen LogP contribution in [0.4, 0.5) is 0 Å². The maximum Gasteiger partial charge on any atom is 0.281 e. The van der Waals surface area contributed by atoms with Crippen LogP contribution >= 0.6 is 0 Å². The molecule has 0 saturated carbocycles. The minimum absolute atomic E-state index is 0.106. The average Bonchev–Trinajstić information content (AvgIpc) is 3.03. The molecule has 0 atom stereocenters. The van der Waals surface area contributed by atoms with E-state index in [1.165, 1.54) is 4.68 Å². The second-order valence-electron chi connectivity index (χ2n) is 6.65. The molecular weight excluding hydrogens is 308 g/mol. The molecule has 1 aliphatic heterocycles. The zero-order chi connectivity index (χ0) is 16.9. The normalized spacial score (nSPS) is 13.5. The molecule has 2 aromatic heterocycles. The lowest BCUT2D eigenvalue weighted by Crippen LogP contribution is -2.23. The van der Waals surface area contributed by atoms with E-state index in [4.69, 9.17) is 9.47 Å². The van der Waals surface area contributed by atoms with E-state index in [0.29, 0.717) is 28.1 Å². The largest absolute Gasteiger partial charge is 0.454 e. The van der Waals surface area contributed by atoms with Gasteiger partial charge in [-0.3, -0.25) is 4.79 Å². The molecule has 0 radical (unpaired) electrons. The predicted molar refractivity (Wildman–Crippen MR) is 87.8 cm³/mol. The fourth-order valence-electron chi connectivity index (χ4n) is 2.59. The van der Waals surface area contributed by atoms with Gasteiger partial charge in [-0.15, -0.1) is 5.10 Å². The maximum absolute atomic E-state index is 12.7. The fourth-order valence-corrected chi connectivity index (χ4v) is 2.59. The molecule has 24 heavy (non-hydrogen) atoms. The van der Waals surface area contributed by atoms with Crippen LogP contribution < -0.4 is 15.0 Å². The van der Waals surface area contributed by atoms with Crippen molar-refractivity contribution in [3.05, 3.63) is 46.5 Å². The minimum atomic E-state index is -0.274. The van der Waals surface area contributed by atoms with Gasteiger partial charge in [-0.25, -0.2) is 0 Å². The Labute approximate surface area is 137 Å². The molecule has 0 amide bonds. The van der Waals surface area contributed by atoms with Crippen LogP contribution in [0.3, 0.4) is 0 Å². The Morgan fingerprint density at radius 2 is 1.88 bits per heavy atom. The van der Waals surface area contributed by atoms with Crippen LogP contribution in [0.5, 0.6) is 11.5 Å². The van der Waals surface area contributed by atoms with Gasteiger partial charge in [0.1, 0.15) is 0 Å². The van der Waals surface area contributed by atoms with Gasteiger partial charge in [0, 0.05) is 5.41 Å². The molecule has 0 saturated heterocycles. The van der Waals surface area contributed by atoms with Crippen molar-refractivity contribution in [3.63, 3.8) is 0 Å². The highest BCUT2D eigenvalue weighted by atomic mass is 16.7. The van der Waals surface area contributed by atoms with E-state index in [0.717, 1.165) is 5.69 Å². The van der Waals surface area contributed by atoms with Gasteiger partial charge < -0.3 is 9.47 Å². The van der Waals surface area contributed by atoms with E-state index >= 15 is 0 Å². The Kier molecular flexibility index (Phi) is 3.06. The van der Waals surface area contributed by atoms with E-state index < -0.39 is 0 Å². The van der Waals surface area contributed by atoms with Crippen LogP contribution in [-0.2, 0) is 5.41 Å². The van der Waals surface area contributed by atoms with Crippen molar-refractivity contribution in [2.75, 3.05) is 6.79 Å². The van der Waals surface area contributed by atoms with Crippen molar-refractivity contribution in [1.29, 1.82) is 0 Å². The summed E-state index contributed by atoms with van der Waals surface area (Å²) in [5.41, 5.74) is 0.470. The molecule has 7 heteroatoms. The van der Waals surface area contributed by atoms with E-state index in [-0.39, 0.29) is 17.8 Å². The highest BCUT2D eigenvalue weighted by molar-refractivity contribution is 5.89. The first-order valence-electron chi connectivity index (χ1n) is 7.60. The van der Waals surface area contributed by atoms with Crippen LogP contribution in [0.25, 0.3) is 16.6 Å². The van der Waals surface area contributed by atoms with Crippen molar-refractivity contribution in [2.45, 2.75) is 26.2 Å². The summed E-state index contributed by atoms with van der Waals surface area (Å²) in [4.78, 5) is 12.7. The smallest absolute Gasteiger partial charge is 0.281 e. The number of fused-ring (bicyclic) bond motifs is 3. The standard InChI is InChI=1S/C17H16N4O3/c1-17(2,3)13-6-7-14(20-19-13)21-16(22)10-4-5-12-15(24-9-23-12)11(10)8-18-21/h4-8H,9H2,1-3H3. The van der Waals surface area contributed by atoms with Gasteiger partial charge in [-0.05, 0) is 24.3 Å². The molecule has 4 rings (SSSR count). The zero-order valence-corrected chi connectivity index (χ0v) is 13.6. The molecule has 0 spiro atoms. The van der Waals surface area contributed by atoms with E-state index in [9.17, 15) is 4.79 Å². The molecule has 7 nitrogen and oxygen atoms in total. The van der Waals surface area contributed by atoms with Gasteiger partial charge in [0.05, 0.1) is 22.7 Å². The summed E-state index contributed by atoms with van der Waals surface area (Å²) < 4.78 is 12.0. The Balaban J connectivity index is 1.85. The Morgan fingerprint density at radius 1 is 1.04 bits per heavy atom. The van der Waals surface area contributed by atoms with E-state index in [1.807, 2.05) is 6.07 Å². The molecule has 0 fully saturated rings. The van der Waals surface area contributed by atoms with Gasteiger partial charge in [0.2, 0.25) is 6.79 Å². The lowest BCUT2D eigenvalue weighted by molar-refractivity contribution is 0.175. The molecule has 3 aromatic rings. The Bertz CT molecular complexity index is 988. The summed E-state index contributed by atoms with van der Waals surface area (Å²) in [6, 6.07) is 7.05. The van der Waals surface area contributed by atoms with Gasteiger partial charge in [-0.2, -0.15) is 14.9 Å². The van der Waals surface area contributed by atoms with Gasteiger partial charge in [0.15, 0.2) is 17.3 Å². The summed E-state index contributed by atoms with van der Waals surface area (Å²) in [7, 11) is 0. The summed E-state index contributed by atoms with van der Waals surface area (Å²) in [5, 5.41) is 13.7. The molecule has 0 aliphatic carbocycles. The lowest BCUT2D eigenvalue weighted by atomic mass is 9.92. The molecule has 122 valence electrons. The molecule has 0 N–H and O–H groups in total. The van der Waals surface area contributed by atoms with Crippen LogP contribution in [0.15, 0.2) is 35.3 Å². The van der Waals surface area contributed by atoms with Crippen LogP contribution in [0.2, 0.25) is 0 Å². The van der Waals surface area contributed by atoms with Crippen LogP contribution in [-0.4, -0.2) is 26.8 Å². The van der Waals surface area contributed by atoms with Crippen molar-refractivity contribution in [3.8, 4) is 17.3 Å². The van der Waals surface area contributed by atoms with E-state index in [1.54, 1.807) is 24.4 Å². The predicted octanol–water partition coefficient (Wildman–Crippen LogP) is 2.20. The Morgan fingerprint density at radius 3 is 2.58 bits per heavy atom. The van der Waals surface area contributed by atoms with Crippen LogP contribution in [0, 0.1) is 0 Å². The number of aromatic nitrogens is 4. The third-order valence-corrected chi connectivity index (χ3v) is 3.94. The molecule has 0 bridgehead atoms. The monoisotopic (exact) mass is 324 g/mol. The van der Waals surface area contributed by atoms with Crippen molar-refractivity contribution in [1.82, 2.24) is 20.0 Å². The SMILES string of the molecule is CC(C)(C)c1ccc(-n2ncc3c4c(ccc3c2=O)OCO4)nn1. The first-order valence-corrected chi connectivity index (χ1v) is 7.60. The molecule has 0 unspecified atom stereocenters. The first-order chi connectivity index (χ1) is 11.4. The van der Waals surface area contributed by atoms with Crippen molar-refractivity contribution >= 4 is 10.8 Å². The summed E-state index contributed by atoms with van der Waals surface area (Å²) in [5.74, 6) is 1.56. The first kappa shape index (κ1) is 14.6. The van der Waals surface area contributed by atoms with Gasteiger partial charge in [-0.1, -0.05) is 20.8 Å². The fraction of sp³-hybridized carbons (Fsp3) is 0.294. The average molecular weight is 324 g/mol. The van der Waals surface area contributed by atoms with Gasteiger partial charge in [0.25, 0.3) is 5.56 Å². The Hall–Kier alpha value is -2.96. The second-order valence-corrected chi connectivity index (χ2v) is 6.65. The third kappa shape index (κ3) is 2.20. The third-order valence-electron chi connectivity index (χ3n) is 3.94. The van der Waals surface area contributed by atoms with Crippen molar-refractivity contribution < 1.29 is 9.47 Å². The van der Waals surface area contributed by atoms with Crippen LogP contribution in [0.1, 0.15) is 26.5 Å². The maximum atomic E-state index is 12.7. The summed E-state index contributed by atoms with van der Waals surface area (Å²) in [6.07, 6.45) is 1.59. The number of hydrogen-bond donors (Lipinski definition) is 0. The summed E-state index contributed by atoms with van der Waals surface area (Å²) in [6.45, 7) is 6.32. The van der Waals surface area contributed by atoms with Crippen molar-refractivity contribution in [2.24, 2.45) is 0 Å². The molecule has 1 aliphatic rings. The zero-order valence-electron chi connectivity index (χ0n) is 13.6. The molecule has 3 heterocycles. The minimum Gasteiger partial charge on any atom is -0.454 e. The van der Waals surface area contributed by atoms with Gasteiger partial charge >= 0.3 is 0 Å². The number of nitrogens with zero attached hydrogens (tertiary/aromatic N) is 4. The highest BCUT2D eigenvalue weighted by Gasteiger charge is 2.20. The number of ether oxygens (including phenoxy) is 2. The summed E-state index contributed by atoms with van der Waals surface area (Å²) >= 11 is 0. The second kappa shape index (κ2) is 5.02. The number of hydrogen-bond acceptors (Lipinski definition) is 6. The lowest BCUT2D eigenvalue weighted by Gasteiger charge is -2.16. The molecule has 1 aromatic carbocycles. The quantitative estimate of drug-likeness (QED) is 0.683. The number of benzene rings is 1. The number of rotatable bonds is 1. The topological polar surface area (TPSA) is 79.1 Å². The molecular formula is C17H16N4O3. The van der Waals surface area contributed by atoms with E-state index in [2.05, 4.69) is 36.1 Å². The highest BCUT2D eigenvalue weighted by Crippen LogP contribution is 2.37.